The quantitative estimate of drug-likeness (QED) is 0.732. The maximum atomic E-state index is 11.7. The van der Waals surface area contributed by atoms with Crippen LogP contribution >= 0.6 is 0 Å². The molecule has 0 saturated heterocycles. The minimum Gasteiger partial charge on any atom is -0.393 e. The van der Waals surface area contributed by atoms with Crippen LogP contribution in [-0.2, 0) is 4.79 Å². The first-order valence-electron chi connectivity index (χ1n) is 6.19. The monoisotopic (exact) mass is 213 g/mol. The Hall–Kier alpha value is -0.570. The van der Waals surface area contributed by atoms with Crippen molar-refractivity contribution >= 4 is 5.91 Å². The molecule has 1 saturated carbocycles. The molecule has 0 aromatic carbocycles. The molecule has 0 aromatic rings. The van der Waals surface area contributed by atoms with Gasteiger partial charge in [-0.2, -0.15) is 0 Å². The Morgan fingerprint density at radius 2 is 2.07 bits per heavy atom. The number of hydrogen-bond acceptors (Lipinski definition) is 2. The van der Waals surface area contributed by atoms with Crippen LogP contribution in [0.5, 0.6) is 0 Å². The molecule has 15 heavy (non-hydrogen) atoms. The molecule has 1 unspecified atom stereocenters. The van der Waals surface area contributed by atoms with Gasteiger partial charge in [-0.1, -0.05) is 26.2 Å². The lowest BCUT2D eigenvalue weighted by Gasteiger charge is -2.21. The predicted molar refractivity (Wildman–Crippen MR) is 60.5 cm³/mol. The zero-order valence-electron chi connectivity index (χ0n) is 9.67. The van der Waals surface area contributed by atoms with E-state index in [1.165, 1.54) is 19.3 Å². The number of carbonyl (C=O) groups excluding carboxylic acids is 1. The zero-order valence-corrected chi connectivity index (χ0v) is 9.67. The molecule has 1 amide bonds. The molecule has 0 radical (unpaired) electrons. The number of aliphatic hydroxyl groups excluding tert-OH is 1. The number of amides is 1. The van der Waals surface area contributed by atoms with Crippen LogP contribution in [0.2, 0.25) is 0 Å². The Morgan fingerprint density at radius 1 is 1.40 bits per heavy atom. The van der Waals surface area contributed by atoms with E-state index in [1.54, 1.807) is 0 Å². The van der Waals surface area contributed by atoms with Gasteiger partial charge in [0.15, 0.2) is 0 Å². The van der Waals surface area contributed by atoms with Crippen LogP contribution in [0.15, 0.2) is 0 Å². The molecule has 1 aliphatic carbocycles. The summed E-state index contributed by atoms with van der Waals surface area (Å²) in [5.74, 6) is 0.426. The fraction of sp³-hybridized carbons (Fsp3) is 0.917. The normalized spacial score (nSPS) is 19.9. The second-order valence-corrected chi connectivity index (χ2v) is 4.48. The Morgan fingerprint density at radius 3 is 2.67 bits per heavy atom. The van der Waals surface area contributed by atoms with Crippen molar-refractivity contribution < 1.29 is 9.90 Å². The minimum absolute atomic E-state index is 0.193. The van der Waals surface area contributed by atoms with E-state index in [2.05, 4.69) is 5.32 Å². The van der Waals surface area contributed by atoms with Crippen LogP contribution in [0, 0.1) is 5.92 Å². The van der Waals surface area contributed by atoms with E-state index in [1.807, 2.05) is 6.92 Å². The summed E-state index contributed by atoms with van der Waals surface area (Å²) in [5, 5.41) is 12.2. The summed E-state index contributed by atoms with van der Waals surface area (Å²) in [4.78, 5) is 11.7. The largest absolute Gasteiger partial charge is 0.393 e. The van der Waals surface area contributed by atoms with E-state index in [0.29, 0.717) is 13.0 Å². The highest BCUT2D eigenvalue weighted by Crippen LogP contribution is 2.23. The molecule has 3 heteroatoms. The van der Waals surface area contributed by atoms with Gasteiger partial charge in [0.05, 0.1) is 6.10 Å². The van der Waals surface area contributed by atoms with Gasteiger partial charge in [0, 0.05) is 12.5 Å². The van der Waals surface area contributed by atoms with Crippen LogP contribution in [-0.4, -0.2) is 23.7 Å². The maximum Gasteiger partial charge on any atom is 0.223 e. The first kappa shape index (κ1) is 12.5. The molecule has 0 spiro atoms. The highest BCUT2D eigenvalue weighted by molar-refractivity contribution is 5.78. The highest BCUT2D eigenvalue weighted by Gasteiger charge is 2.20. The smallest absolute Gasteiger partial charge is 0.223 e. The number of hydrogen-bond donors (Lipinski definition) is 2. The molecule has 2 N–H and O–H groups in total. The Labute approximate surface area is 92.3 Å². The molecule has 1 fully saturated rings. The Bertz CT molecular complexity index is 188. The van der Waals surface area contributed by atoms with Gasteiger partial charge in [-0.05, 0) is 25.7 Å². The maximum absolute atomic E-state index is 11.7. The second kappa shape index (κ2) is 6.83. The third-order valence-corrected chi connectivity index (χ3v) is 3.22. The van der Waals surface area contributed by atoms with Crippen LogP contribution in [0.25, 0.3) is 0 Å². The molecule has 1 atom stereocenters. The van der Waals surface area contributed by atoms with Gasteiger partial charge < -0.3 is 10.4 Å². The number of aliphatic hydroxyl groups is 1. The molecule has 0 bridgehead atoms. The summed E-state index contributed by atoms with van der Waals surface area (Å²) in [6.45, 7) is 2.57. The van der Waals surface area contributed by atoms with Crippen LogP contribution in [0.1, 0.15) is 51.9 Å². The highest BCUT2D eigenvalue weighted by atomic mass is 16.3. The van der Waals surface area contributed by atoms with Gasteiger partial charge in [-0.15, -0.1) is 0 Å². The van der Waals surface area contributed by atoms with Crippen molar-refractivity contribution in [1.82, 2.24) is 5.32 Å². The van der Waals surface area contributed by atoms with E-state index in [-0.39, 0.29) is 17.9 Å². The first-order valence-corrected chi connectivity index (χ1v) is 6.19. The molecule has 0 aromatic heterocycles. The van der Waals surface area contributed by atoms with Gasteiger partial charge in [-0.25, -0.2) is 0 Å². The molecule has 3 nitrogen and oxygen atoms in total. The van der Waals surface area contributed by atoms with Crippen LogP contribution in [0.3, 0.4) is 0 Å². The minimum atomic E-state index is -0.267. The average molecular weight is 213 g/mol. The standard InChI is InChI=1S/C12H23NO2/c1-2-11(14)8-9-13-12(15)10-6-4-3-5-7-10/h10-11,14H,2-9H2,1H3,(H,13,15). The summed E-state index contributed by atoms with van der Waals surface area (Å²) >= 11 is 0. The lowest BCUT2D eigenvalue weighted by atomic mass is 9.88. The summed E-state index contributed by atoms with van der Waals surface area (Å²) in [6.07, 6.45) is 6.92. The van der Waals surface area contributed by atoms with E-state index in [9.17, 15) is 9.90 Å². The summed E-state index contributed by atoms with van der Waals surface area (Å²) < 4.78 is 0. The molecule has 0 aliphatic heterocycles. The lowest BCUT2D eigenvalue weighted by molar-refractivity contribution is -0.126. The van der Waals surface area contributed by atoms with Gasteiger partial charge in [0.1, 0.15) is 0 Å². The number of nitrogens with one attached hydrogen (secondary N) is 1. The third kappa shape index (κ3) is 4.65. The van der Waals surface area contributed by atoms with E-state index < -0.39 is 0 Å². The van der Waals surface area contributed by atoms with Gasteiger partial charge in [0.25, 0.3) is 0 Å². The van der Waals surface area contributed by atoms with Crippen LogP contribution < -0.4 is 5.32 Å². The third-order valence-electron chi connectivity index (χ3n) is 3.22. The van der Waals surface area contributed by atoms with E-state index in [4.69, 9.17) is 0 Å². The summed E-state index contributed by atoms with van der Waals surface area (Å²) in [6, 6.07) is 0. The molecule has 0 heterocycles. The fourth-order valence-electron chi connectivity index (χ4n) is 2.08. The van der Waals surface area contributed by atoms with Crippen molar-refractivity contribution in [2.24, 2.45) is 5.92 Å². The molecule has 1 aliphatic rings. The predicted octanol–water partition coefficient (Wildman–Crippen LogP) is 1.84. The number of rotatable bonds is 5. The Kier molecular flexibility index (Phi) is 5.69. The van der Waals surface area contributed by atoms with E-state index >= 15 is 0 Å². The molecule has 1 rings (SSSR count). The second-order valence-electron chi connectivity index (χ2n) is 4.48. The topological polar surface area (TPSA) is 49.3 Å². The van der Waals surface area contributed by atoms with Crippen molar-refractivity contribution in [2.75, 3.05) is 6.54 Å². The number of carbonyl (C=O) groups is 1. The van der Waals surface area contributed by atoms with Crippen LogP contribution in [0.4, 0.5) is 0 Å². The van der Waals surface area contributed by atoms with E-state index in [0.717, 1.165) is 19.3 Å². The zero-order chi connectivity index (χ0) is 11.1. The fourth-order valence-corrected chi connectivity index (χ4v) is 2.08. The van der Waals surface area contributed by atoms with Crippen molar-refractivity contribution in [3.8, 4) is 0 Å². The van der Waals surface area contributed by atoms with Gasteiger partial charge in [0.2, 0.25) is 5.91 Å². The van der Waals surface area contributed by atoms with Gasteiger partial charge >= 0.3 is 0 Å². The van der Waals surface area contributed by atoms with Crippen molar-refractivity contribution in [3.05, 3.63) is 0 Å². The van der Waals surface area contributed by atoms with Gasteiger partial charge in [-0.3, -0.25) is 4.79 Å². The molecular formula is C12H23NO2. The van der Waals surface area contributed by atoms with Crippen molar-refractivity contribution in [2.45, 2.75) is 58.0 Å². The first-order chi connectivity index (χ1) is 7.24. The molecule has 88 valence electrons. The molecular weight excluding hydrogens is 190 g/mol. The lowest BCUT2D eigenvalue weighted by Crippen LogP contribution is -2.33. The Balaban J connectivity index is 2.12. The summed E-state index contributed by atoms with van der Waals surface area (Å²) in [7, 11) is 0. The summed E-state index contributed by atoms with van der Waals surface area (Å²) in [5.41, 5.74) is 0. The van der Waals surface area contributed by atoms with Crippen molar-refractivity contribution in [1.29, 1.82) is 0 Å². The average Bonchev–Trinajstić information content (AvgIpc) is 2.29. The SMILES string of the molecule is CCC(O)CCNC(=O)C1CCCCC1. The van der Waals surface area contributed by atoms with Crippen molar-refractivity contribution in [3.63, 3.8) is 0 Å².